The summed E-state index contributed by atoms with van der Waals surface area (Å²) in [6.45, 7) is 0. The first-order valence-electron chi connectivity index (χ1n) is 19.0. The van der Waals surface area contributed by atoms with Gasteiger partial charge in [-0.05, 0) is 54.1 Å². The largest absolute Gasteiger partial charge is 0.456 e. The number of hydrogen-bond donors (Lipinski definition) is 0. The summed E-state index contributed by atoms with van der Waals surface area (Å²) in [7, 11) is 0. The van der Waals surface area contributed by atoms with Gasteiger partial charge in [0.05, 0.1) is 11.0 Å². The molecular formula is C51H30N4OS. The second kappa shape index (κ2) is 12.6. The Kier molecular flexibility index (Phi) is 7.03. The van der Waals surface area contributed by atoms with Crippen LogP contribution in [0.5, 0.6) is 0 Å². The van der Waals surface area contributed by atoms with Gasteiger partial charge in [-0.15, -0.1) is 11.3 Å². The zero-order valence-corrected chi connectivity index (χ0v) is 31.2. The summed E-state index contributed by atoms with van der Waals surface area (Å²) in [5.41, 5.74) is 10.1. The predicted octanol–water partition coefficient (Wildman–Crippen LogP) is 13.9. The van der Waals surface area contributed by atoms with Crippen molar-refractivity contribution in [2.24, 2.45) is 0 Å². The molecule has 0 spiro atoms. The lowest BCUT2D eigenvalue weighted by atomic mass is 9.98. The molecule has 0 radical (unpaired) electrons. The van der Waals surface area contributed by atoms with E-state index in [2.05, 4.69) is 144 Å². The molecule has 0 atom stereocenters. The fourth-order valence-corrected chi connectivity index (χ4v) is 9.63. The first kappa shape index (κ1) is 31.9. The van der Waals surface area contributed by atoms with E-state index < -0.39 is 0 Å². The average Bonchev–Trinajstić information content (AvgIpc) is 3.96. The Balaban J connectivity index is 1.08. The highest BCUT2D eigenvalue weighted by Gasteiger charge is 2.21. The quantitative estimate of drug-likeness (QED) is 0.176. The van der Waals surface area contributed by atoms with Crippen LogP contribution in [0.15, 0.2) is 186 Å². The molecule has 0 saturated carbocycles. The predicted molar refractivity (Wildman–Crippen MR) is 236 cm³/mol. The van der Waals surface area contributed by atoms with E-state index in [1.54, 1.807) is 11.3 Å². The lowest BCUT2D eigenvalue weighted by molar-refractivity contribution is 0.669. The molecule has 0 aliphatic heterocycles. The van der Waals surface area contributed by atoms with E-state index in [1.807, 2.05) is 42.5 Å². The highest BCUT2D eigenvalue weighted by Crippen LogP contribution is 2.42. The standard InChI is InChI=1S/C51H30N4OS/c1-3-13-31(14-4-1)49-52-50(33-25-27-38-37-18-8-10-24-45(37)57-46(38)30-33)54-51(53-49)40-21-12-23-44-47(40)41-29-32(26-28-43(41)56-44)35-19-11-20-39-36-17-7-9-22-42(36)55(48(35)39)34-15-5-2-6-16-34/h1-30H. The third kappa shape index (κ3) is 5.04. The molecular weight excluding hydrogens is 717 g/mol. The van der Waals surface area contributed by atoms with E-state index in [0.717, 1.165) is 55.4 Å². The minimum absolute atomic E-state index is 0.597. The molecule has 12 aromatic rings. The van der Waals surface area contributed by atoms with E-state index in [0.29, 0.717) is 17.5 Å². The SMILES string of the molecule is c1ccc(-c2nc(-c3ccc4c(c3)sc3ccccc34)nc(-c3cccc4oc5ccc(-c6cccc7c8ccccc8n(-c8ccccc8)c67)cc5c34)n2)cc1. The van der Waals surface area contributed by atoms with Crippen molar-refractivity contribution < 1.29 is 4.42 Å². The summed E-state index contributed by atoms with van der Waals surface area (Å²) in [5, 5.41) is 6.92. The van der Waals surface area contributed by atoms with E-state index >= 15 is 0 Å². The van der Waals surface area contributed by atoms with Gasteiger partial charge in [-0.2, -0.15) is 0 Å². The first-order valence-corrected chi connectivity index (χ1v) is 19.8. The van der Waals surface area contributed by atoms with Crippen LogP contribution in [0, 0.1) is 0 Å². The fourth-order valence-electron chi connectivity index (χ4n) is 8.48. The number of rotatable bonds is 5. The number of para-hydroxylation sites is 3. The normalized spacial score (nSPS) is 11.9. The number of fused-ring (bicyclic) bond motifs is 9. The Morgan fingerprint density at radius 1 is 0.404 bits per heavy atom. The summed E-state index contributed by atoms with van der Waals surface area (Å²) < 4.78 is 11.4. The van der Waals surface area contributed by atoms with Crippen molar-refractivity contribution >= 4 is 75.3 Å². The Morgan fingerprint density at radius 3 is 1.95 bits per heavy atom. The van der Waals surface area contributed by atoms with Gasteiger partial charge >= 0.3 is 0 Å². The van der Waals surface area contributed by atoms with E-state index in [-0.39, 0.29) is 0 Å². The van der Waals surface area contributed by atoms with Crippen LogP contribution in [0.2, 0.25) is 0 Å². The zero-order chi connectivity index (χ0) is 37.5. The van der Waals surface area contributed by atoms with Gasteiger partial charge in [-0.3, -0.25) is 0 Å². The third-order valence-corrected chi connectivity index (χ3v) is 12.2. The molecule has 0 fully saturated rings. The molecule has 0 aliphatic carbocycles. The minimum Gasteiger partial charge on any atom is -0.456 e. The highest BCUT2D eigenvalue weighted by atomic mass is 32.1. The van der Waals surface area contributed by atoms with Crippen LogP contribution in [-0.2, 0) is 0 Å². The average molecular weight is 747 g/mol. The molecule has 12 rings (SSSR count). The number of aromatic nitrogens is 4. The van der Waals surface area contributed by atoms with Gasteiger partial charge in [0.15, 0.2) is 17.5 Å². The number of benzene rings is 8. The van der Waals surface area contributed by atoms with E-state index in [4.69, 9.17) is 19.4 Å². The maximum Gasteiger partial charge on any atom is 0.164 e. The second-order valence-corrected chi connectivity index (χ2v) is 15.4. The number of nitrogens with zero attached hydrogens (tertiary/aromatic N) is 4. The summed E-state index contributed by atoms with van der Waals surface area (Å²) in [5.74, 6) is 1.85. The molecule has 0 amide bonds. The van der Waals surface area contributed by atoms with Gasteiger partial charge < -0.3 is 8.98 Å². The fraction of sp³-hybridized carbons (Fsp3) is 0. The van der Waals surface area contributed by atoms with Crippen LogP contribution < -0.4 is 0 Å². The number of hydrogen-bond acceptors (Lipinski definition) is 5. The van der Waals surface area contributed by atoms with Crippen molar-refractivity contribution in [1.82, 2.24) is 19.5 Å². The Bertz CT molecular complexity index is 3530. The van der Waals surface area contributed by atoms with Crippen LogP contribution in [0.25, 0.3) is 115 Å². The van der Waals surface area contributed by atoms with Crippen LogP contribution >= 0.6 is 11.3 Å². The van der Waals surface area contributed by atoms with Gasteiger partial charge in [-0.25, -0.2) is 15.0 Å². The van der Waals surface area contributed by atoms with Crippen molar-refractivity contribution in [3.8, 4) is 51.0 Å². The molecule has 0 unspecified atom stereocenters. The Labute approximate surface area is 330 Å². The molecule has 6 heteroatoms. The maximum absolute atomic E-state index is 6.57. The monoisotopic (exact) mass is 746 g/mol. The van der Waals surface area contributed by atoms with Gasteiger partial charge in [0.2, 0.25) is 0 Å². The molecule has 4 heterocycles. The Morgan fingerprint density at radius 2 is 1.07 bits per heavy atom. The highest BCUT2D eigenvalue weighted by molar-refractivity contribution is 7.25. The summed E-state index contributed by atoms with van der Waals surface area (Å²) >= 11 is 1.79. The number of thiophene rings is 1. The van der Waals surface area contributed by atoms with Crippen LogP contribution in [0.3, 0.4) is 0 Å². The molecule has 0 bridgehead atoms. The minimum atomic E-state index is 0.597. The molecule has 5 nitrogen and oxygen atoms in total. The van der Waals surface area contributed by atoms with Crippen molar-refractivity contribution in [3.63, 3.8) is 0 Å². The Hall–Kier alpha value is -7.41. The summed E-state index contributed by atoms with van der Waals surface area (Å²) in [4.78, 5) is 15.5. The lowest BCUT2D eigenvalue weighted by Crippen LogP contribution is -2.00. The molecule has 266 valence electrons. The molecule has 8 aromatic carbocycles. The first-order chi connectivity index (χ1) is 28.2. The molecule has 0 saturated heterocycles. The van der Waals surface area contributed by atoms with Gasteiger partial charge in [-0.1, -0.05) is 133 Å². The van der Waals surface area contributed by atoms with Crippen LogP contribution in [0.1, 0.15) is 0 Å². The molecule has 0 N–H and O–H groups in total. The van der Waals surface area contributed by atoms with Gasteiger partial charge in [0.1, 0.15) is 11.2 Å². The van der Waals surface area contributed by atoms with Gasteiger partial charge in [0, 0.05) is 69.7 Å². The topological polar surface area (TPSA) is 56.7 Å². The molecule has 0 aliphatic rings. The lowest BCUT2D eigenvalue weighted by Gasteiger charge is -2.12. The van der Waals surface area contributed by atoms with Crippen molar-refractivity contribution in [2.45, 2.75) is 0 Å². The summed E-state index contributed by atoms with van der Waals surface area (Å²) in [6, 6.07) is 63.8. The van der Waals surface area contributed by atoms with E-state index in [9.17, 15) is 0 Å². The zero-order valence-electron chi connectivity index (χ0n) is 30.4. The van der Waals surface area contributed by atoms with Gasteiger partial charge in [0.25, 0.3) is 0 Å². The van der Waals surface area contributed by atoms with Crippen LogP contribution in [0.4, 0.5) is 0 Å². The second-order valence-electron chi connectivity index (χ2n) is 14.4. The van der Waals surface area contributed by atoms with E-state index in [1.165, 1.54) is 42.0 Å². The molecule has 4 aromatic heterocycles. The van der Waals surface area contributed by atoms with Crippen molar-refractivity contribution in [3.05, 3.63) is 182 Å². The third-order valence-electron chi connectivity index (χ3n) is 11.1. The van der Waals surface area contributed by atoms with Crippen molar-refractivity contribution in [2.75, 3.05) is 0 Å². The summed E-state index contributed by atoms with van der Waals surface area (Å²) in [6.07, 6.45) is 0. The van der Waals surface area contributed by atoms with Crippen LogP contribution in [-0.4, -0.2) is 19.5 Å². The maximum atomic E-state index is 6.57. The number of furan rings is 1. The molecule has 57 heavy (non-hydrogen) atoms. The van der Waals surface area contributed by atoms with Crippen molar-refractivity contribution in [1.29, 1.82) is 0 Å². The smallest absolute Gasteiger partial charge is 0.164 e.